The summed E-state index contributed by atoms with van der Waals surface area (Å²) in [5.41, 5.74) is 4.53. The van der Waals surface area contributed by atoms with Gasteiger partial charge in [0.2, 0.25) is 5.88 Å². The second-order valence-electron chi connectivity index (χ2n) is 9.51. The Kier molecular flexibility index (Phi) is 5.86. The summed E-state index contributed by atoms with van der Waals surface area (Å²) in [5.74, 6) is -0.880. The predicted molar refractivity (Wildman–Crippen MR) is 123 cm³/mol. The van der Waals surface area contributed by atoms with Crippen LogP contribution in [0.5, 0.6) is 5.88 Å². The number of rotatable bonds is 6. The average Bonchev–Trinajstić information content (AvgIpc) is 3.32. The molecule has 37 heavy (non-hydrogen) atoms. The van der Waals surface area contributed by atoms with E-state index in [1.165, 1.54) is 24.4 Å². The molecule has 2 fully saturated rings. The van der Waals surface area contributed by atoms with Gasteiger partial charge in [0, 0.05) is 23.4 Å². The maximum absolute atomic E-state index is 13.3. The van der Waals surface area contributed by atoms with Gasteiger partial charge in [-0.1, -0.05) is 0 Å². The third kappa shape index (κ3) is 4.72. The number of halogens is 3. The number of nitrogens with two attached hydrogens (primary N) is 1. The number of amides is 2. The molecule has 0 bridgehead atoms. The van der Waals surface area contributed by atoms with Crippen LogP contribution < -0.4 is 15.8 Å². The van der Waals surface area contributed by atoms with Gasteiger partial charge in [0.05, 0.1) is 17.8 Å². The summed E-state index contributed by atoms with van der Waals surface area (Å²) < 4.78 is 45.8. The van der Waals surface area contributed by atoms with E-state index in [0.29, 0.717) is 12.8 Å². The molecule has 9 nitrogen and oxygen atoms in total. The van der Waals surface area contributed by atoms with Crippen molar-refractivity contribution in [2.75, 3.05) is 0 Å². The molecule has 2 aliphatic carbocycles. The van der Waals surface area contributed by atoms with Crippen molar-refractivity contribution >= 4 is 11.8 Å². The van der Waals surface area contributed by atoms with E-state index in [4.69, 9.17) is 10.5 Å². The molecule has 2 amide bonds. The normalized spacial score (nSPS) is 22.4. The van der Waals surface area contributed by atoms with E-state index in [9.17, 15) is 28.0 Å². The smallest absolute Gasteiger partial charge is 0.433 e. The van der Waals surface area contributed by atoms with Gasteiger partial charge in [-0.05, 0) is 67.0 Å². The topological polar surface area (TPSA) is 147 Å². The van der Waals surface area contributed by atoms with Gasteiger partial charge in [-0.15, -0.1) is 0 Å². The predicted octanol–water partition coefficient (Wildman–Crippen LogP) is 3.58. The van der Waals surface area contributed by atoms with Gasteiger partial charge in [0.25, 0.3) is 11.8 Å². The van der Waals surface area contributed by atoms with Crippen molar-refractivity contribution in [3.05, 3.63) is 65.1 Å². The second kappa shape index (κ2) is 8.92. The van der Waals surface area contributed by atoms with Crippen LogP contribution in [0.25, 0.3) is 11.1 Å². The number of H-pyrrole nitrogens is 1. The third-order valence-corrected chi connectivity index (χ3v) is 6.89. The molecule has 0 unspecified atom stereocenters. The number of pyridine rings is 1. The molecule has 0 atom stereocenters. The summed E-state index contributed by atoms with van der Waals surface area (Å²) in [6, 6.07) is 8.89. The SMILES string of the molecule is N#Cc1cc(C(=O)NC2CC3(C2)CC(Oc2ncccc2C(N)=O)C3)cc(-c2cn[nH]c2C(F)(F)F)c1. The second-order valence-corrected chi connectivity index (χ2v) is 9.51. The Morgan fingerprint density at radius 2 is 1.97 bits per heavy atom. The van der Waals surface area contributed by atoms with E-state index in [0.717, 1.165) is 19.0 Å². The highest BCUT2D eigenvalue weighted by Crippen LogP contribution is 2.56. The van der Waals surface area contributed by atoms with Crippen LogP contribution in [0, 0.1) is 16.7 Å². The summed E-state index contributed by atoms with van der Waals surface area (Å²) in [4.78, 5) is 28.5. The van der Waals surface area contributed by atoms with E-state index < -0.39 is 23.7 Å². The number of nitrogens with zero attached hydrogens (tertiary/aromatic N) is 3. The number of primary amides is 1. The van der Waals surface area contributed by atoms with Crippen LogP contribution in [0.1, 0.15) is 57.7 Å². The molecule has 5 rings (SSSR count). The van der Waals surface area contributed by atoms with Crippen LogP contribution in [0.4, 0.5) is 13.2 Å². The fourth-order valence-corrected chi connectivity index (χ4v) is 5.21. The zero-order valence-electron chi connectivity index (χ0n) is 19.3. The highest BCUT2D eigenvalue weighted by molar-refractivity contribution is 5.96. The van der Waals surface area contributed by atoms with Crippen molar-refractivity contribution in [1.82, 2.24) is 20.5 Å². The Morgan fingerprint density at radius 3 is 2.65 bits per heavy atom. The first-order valence-corrected chi connectivity index (χ1v) is 11.5. The summed E-state index contributed by atoms with van der Waals surface area (Å²) >= 11 is 0. The quantitative estimate of drug-likeness (QED) is 0.462. The zero-order valence-corrected chi connectivity index (χ0v) is 19.3. The van der Waals surface area contributed by atoms with Crippen LogP contribution in [-0.4, -0.2) is 39.1 Å². The number of nitriles is 1. The molecule has 2 aliphatic rings. The van der Waals surface area contributed by atoms with Crippen molar-refractivity contribution in [1.29, 1.82) is 5.26 Å². The molecule has 0 saturated heterocycles. The molecule has 2 saturated carbocycles. The molecule has 2 heterocycles. The Hall–Kier alpha value is -4.40. The minimum Gasteiger partial charge on any atom is -0.474 e. The number of hydrogen-bond acceptors (Lipinski definition) is 6. The van der Waals surface area contributed by atoms with Crippen LogP contribution in [0.2, 0.25) is 0 Å². The van der Waals surface area contributed by atoms with Gasteiger partial charge in [-0.3, -0.25) is 14.7 Å². The first-order valence-electron chi connectivity index (χ1n) is 11.5. The van der Waals surface area contributed by atoms with E-state index in [-0.39, 0.29) is 51.3 Å². The third-order valence-electron chi connectivity index (χ3n) is 6.89. The van der Waals surface area contributed by atoms with Gasteiger partial charge in [-0.25, -0.2) is 4.98 Å². The van der Waals surface area contributed by atoms with E-state index in [1.807, 2.05) is 11.2 Å². The number of nitrogens with one attached hydrogen (secondary N) is 2. The van der Waals surface area contributed by atoms with Gasteiger partial charge in [0.15, 0.2) is 0 Å². The van der Waals surface area contributed by atoms with Crippen LogP contribution in [0.3, 0.4) is 0 Å². The van der Waals surface area contributed by atoms with E-state index in [2.05, 4.69) is 15.4 Å². The zero-order chi connectivity index (χ0) is 26.4. The van der Waals surface area contributed by atoms with Crippen LogP contribution in [-0.2, 0) is 6.18 Å². The highest BCUT2D eigenvalue weighted by atomic mass is 19.4. The highest BCUT2D eigenvalue weighted by Gasteiger charge is 2.54. The number of aromatic nitrogens is 3. The fraction of sp³-hybridized carbons (Fsp3) is 0.320. The summed E-state index contributed by atoms with van der Waals surface area (Å²) in [6.07, 6.45) is 0.669. The lowest BCUT2D eigenvalue weighted by Gasteiger charge is -2.57. The Bertz CT molecular complexity index is 1410. The number of benzene rings is 1. The van der Waals surface area contributed by atoms with Crippen LogP contribution >= 0.6 is 0 Å². The summed E-state index contributed by atoms with van der Waals surface area (Å²) in [5, 5.41) is 17.7. The molecule has 190 valence electrons. The summed E-state index contributed by atoms with van der Waals surface area (Å²) in [7, 11) is 0. The maximum atomic E-state index is 13.3. The molecule has 0 radical (unpaired) electrons. The Morgan fingerprint density at radius 1 is 1.22 bits per heavy atom. The van der Waals surface area contributed by atoms with Crippen molar-refractivity contribution in [3.8, 4) is 23.1 Å². The number of alkyl halides is 3. The molecule has 3 aromatic rings. The van der Waals surface area contributed by atoms with Crippen LogP contribution in [0.15, 0.2) is 42.7 Å². The largest absolute Gasteiger partial charge is 0.474 e. The molecule has 4 N–H and O–H groups in total. The monoisotopic (exact) mass is 510 g/mol. The lowest BCUT2D eigenvalue weighted by atomic mass is 9.53. The maximum Gasteiger partial charge on any atom is 0.433 e. The van der Waals surface area contributed by atoms with Gasteiger partial charge >= 0.3 is 6.18 Å². The molecular formula is C25H21F3N6O3. The molecule has 0 aliphatic heterocycles. The Labute approximate surface area is 208 Å². The molecule has 12 heteroatoms. The molecule has 1 aromatic carbocycles. The number of hydrogen-bond donors (Lipinski definition) is 3. The van der Waals surface area contributed by atoms with E-state index >= 15 is 0 Å². The van der Waals surface area contributed by atoms with Gasteiger partial charge in [0.1, 0.15) is 17.4 Å². The lowest BCUT2D eigenvalue weighted by molar-refractivity contribution is -0.140. The fourth-order valence-electron chi connectivity index (χ4n) is 5.21. The molecule has 1 spiro atoms. The van der Waals surface area contributed by atoms with E-state index in [1.54, 1.807) is 12.1 Å². The van der Waals surface area contributed by atoms with Crippen molar-refractivity contribution in [3.63, 3.8) is 0 Å². The average molecular weight is 510 g/mol. The lowest BCUT2D eigenvalue weighted by Crippen LogP contribution is -2.58. The molecular weight excluding hydrogens is 489 g/mol. The van der Waals surface area contributed by atoms with Crippen molar-refractivity contribution in [2.45, 2.75) is 44.0 Å². The summed E-state index contributed by atoms with van der Waals surface area (Å²) in [6.45, 7) is 0. The minimum absolute atomic E-state index is 0.0162. The van der Waals surface area contributed by atoms with Gasteiger partial charge < -0.3 is 15.8 Å². The van der Waals surface area contributed by atoms with Gasteiger partial charge in [-0.2, -0.15) is 23.5 Å². The van der Waals surface area contributed by atoms with Crippen molar-refractivity contribution in [2.24, 2.45) is 11.1 Å². The standard InChI is InChI=1S/C25H21F3N6O3/c26-25(27,28)20-19(12-32-34-20)14-4-13(11-29)5-15(6-14)22(36)33-16-7-24(8-16)9-17(10-24)37-23-18(21(30)35)2-1-3-31-23/h1-6,12,16-17H,7-10H2,(H2,30,35)(H,32,34)(H,33,36). The number of carbonyl (C=O) groups is 2. The number of aromatic amines is 1. The minimum atomic E-state index is -4.67. The first-order chi connectivity index (χ1) is 17.6. The first kappa shape index (κ1) is 24.3. The Balaban J connectivity index is 1.21. The molecule has 2 aromatic heterocycles. The number of carbonyl (C=O) groups excluding carboxylic acids is 2. The number of ether oxygens (including phenoxy) is 1. The van der Waals surface area contributed by atoms with Crippen molar-refractivity contribution < 1.29 is 27.5 Å².